The van der Waals surface area contributed by atoms with Gasteiger partial charge in [0.25, 0.3) is 0 Å². The number of hydrogen-bond acceptors (Lipinski definition) is 4. The minimum Gasteiger partial charge on any atom is -0.373 e. The lowest BCUT2D eigenvalue weighted by molar-refractivity contribution is -0.0502. The molecule has 1 aromatic carbocycles. The molecule has 0 saturated carbocycles. The van der Waals surface area contributed by atoms with Crippen molar-refractivity contribution in [3.63, 3.8) is 0 Å². The number of morpholine rings is 1. The Balaban J connectivity index is 0.00000256. The van der Waals surface area contributed by atoms with E-state index in [-0.39, 0.29) is 30.1 Å². The van der Waals surface area contributed by atoms with Crippen molar-refractivity contribution in [2.75, 3.05) is 39.3 Å². The first kappa shape index (κ1) is 23.0. The van der Waals surface area contributed by atoms with E-state index < -0.39 is 0 Å². The molecule has 0 amide bonds. The first-order valence-electron chi connectivity index (χ1n) is 10.6. The lowest BCUT2D eigenvalue weighted by Crippen LogP contribution is -2.50. The van der Waals surface area contributed by atoms with Crippen LogP contribution in [-0.4, -0.2) is 77.0 Å². The molecule has 2 unspecified atom stereocenters. The molecule has 7 nitrogen and oxygen atoms in total. The molecule has 2 atom stereocenters. The molecule has 2 aromatic rings. The standard InChI is InChI=1S/C22H32N6O.HI/c1-3-23-22(24-10-9-19-13-25-26(2)14-19)28-16-20-21(17-28)29-12-11-27(20)15-18-7-5-4-6-8-18;/h4-8,13-14,20-21H,3,9-12,15-17H2,1-2H3,(H,23,24);1H. The van der Waals surface area contributed by atoms with Crippen LogP contribution in [-0.2, 0) is 24.8 Å². The number of likely N-dealkylation sites (tertiary alicyclic amines) is 1. The van der Waals surface area contributed by atoms with Crippen LogP contribution in [0.3, 0.4) is 0 Å². The van der Waals surface area contributed by atoms with Gasteiger partial charge in [-0.05, 0) is 24.5 Å². The zero-order chi connectivity index (χ0) is 20.1. The van der Waals surface area contributed by atoms with Gasteiger partial charge >= 0.3 is 0 Å². The molecule has 0 spiro atoms. The number of halogens is 1. The number of ether oxygens (including phenoxy) is 1. The van der Waals surface area contributed by atoms with E-state index in [1.807, 2.05) is 17.9 Å². The van der Waals surface area contributed by atoms with Crippen molar-refractivity contribution in [1.29, 1.82) is 0 Å². The summed E-state index contributed by atoms with van der Waals surface area (Å²) in [4.78, 5) is 9.83. The van der Waals surface area contributed by atoms with E-state index in [0.29, 0.717) is 6.04 Å². The molecule has 2 aliphatic heterocycles. The predicted octanol–water partition coefficient (Wildman–Crippen LogP) is 2.13. The minimum atomic E-state index is 0. The van der Waals surface area contributed by atoms with Crippen LogP contribution in [0.25, 0.3) is 0 Å². The Morgan fingerprint density at radius 2 is 2.07 bits per heavy atom. The van der Waals surface area contributed by atoms with E-state index in [0.717, 1.165) is 58.3 Å². The fraction of sp³-hybridized carbons (Fsp3) is 0.545. The second kappa shape index (κ2) is 11.1. The summed E-state index contributed by atoms with van der Waals surface area (Å²) in [6, 6.07) is 11.1. The normalized spacial score (nSPS) is 21.9. The molecule has 3 heterocycles. The summed E-state index contributed by atoms with van der Waals surface area (Å²) in [6.07, 6.45) is 5.12. The molecule has 4 rings (SSSR count). The van der Waals surface area contributed by atoms with Crippen LogP contribution in [0.5, 0.6) is 0 Å². The number of hydrogen-bond donors (Lipinski definition) is 1. The zero-order valence-corrected chi connectivity index (χ0v) is 20.2. The van der Waals surface area contributed by atoms with Crippen molar-refractivity contribution >= 4 is 29.9 Å². The topological polar surface area (TPSA) is 57.9 Å². The average molecular weight is 524 g/mol. The number of aryl methyl sites for hydroxylation is 1. The fourth-order valence-electron chi connectivity index (χ4n) is 4.26. The quantitative estimate of drug-likeness (QED) is 0.357. The SMILES string of the molecule is CCNC(=NCCc1cnn(C)c1)N1CC2OCCN(Cc3ccccc3)C2C1.I. The van der Waals surface area contributed by atoms with Gasteiger partial charge in [-0.25, -0.2) is 0 Å². The van der Waals surface area contributed by atoms with Crippen LogP contribution in [0.4, 0.5) is 0 Å². The predicted molar refractivity (Wildman–Crippen MR) is 130 cm³/mol. The molecule has 30 heavy (non-hydrogen) atoms. The number of nitrogens with one attached hydrogen (secondary N) is 1. The first-order chi connectivity index (χ1) is 14.2. The molecule has 1 aromatic heterocycles. The highest BCUT2D eigenvalue weighted by Crippen LogP contribution is 2.24. The Labute approximate surface area is 196 Å². The second-order valence-corrected chi connectivity index (χ2v) is 7.85. The lowest BCUT2D eigenvalue weighted by atomic mass is 10.1. The van der Waals surface area contributed by atoms with Crippen LogP contribution >= 0.6 is 24.0 Å². The molecular formula is C22H33IN6O. The van der Waals surface area contributed by atoms with Gasteiger partial charge in [0.15, 0.2) is 5.96 Å². The van der Waals surface area contributed by atoms with Crippen molar-refractivity contribution in [2.45, 2.75) is 32.0 Å². The van der Waals surface area contributed by atoms with Gasteiger partial charge in [0.05, 0.1) is 24.9 Å². The van der Waals surface area contributed by atoms with Gasteiger partial charge in [-0.3, -0.25) is 14.6 Å². The maximum absolute atomic E-state index is 6.13. The van der Waals surface area contributed by atoms with Crippen LogP contribution < -0.4 is 5.32 Å². The third-order valence-corrected chi connectivity index (χ3v) is 5.70. The third-order valence-electron chi connectivity index (χ3n) is 5.70. The highest BCUT2D eigenvalue weighted by atomic mass is 127. The number of guanidine groups is 1. The van der Waals surface area contributed by atoms with E-state index in [2.05, 4.69) is 63.7 Å². The van der Waals surface area contributed by atoms with E-state index in [9.17, 15) is 0 Å². The number of aromatic nitrogens is 2. The number of aliphatic imine (C=N–C) groups is 1. The third kappa shape index (κ3) is 5.73. The molecule has 2 fully saturated rings. The van der Waals surface area contributed by atoms with Crippen molar-refractivity contribution in [1.82, 2.24) is 24.9 Å². The smallest absolute Gasteiger partial charge is 0.194 e. The molecule has 1 N–H and O–H groups in total. The van der Waals surface area contributed by atoms with E-state index in [1.54, 1.807) is 0 Å². The highest BCUT2D eigenvalue weighted by molar-refractivity contribution is 14.0. The van der Waals surface area contributed by atoms with Crippen LogP contribution in [0.2, 0.25) is 0 Å². The highest BCUT2D eigenvalue weighted by Gasteiger charge is 2.41. The van der Waals surface area contributed by atoms with Gasteiger partial charge in [0, 0.05) is 52.5 Å². The Kier molecular flexibility index (Phi) is 8.52. The average Bonchev–Trinajstić information content (AvgIpc) is 3.35. The maximum atomic E-state index is 6.13. The maximum Gasteiger partial charge on any atom is 0.194 e. The van der Waals surface area contributed by atoms with E-state index in [4.69, 9.17) is 9.73 Å². The van der Waals surface area contributed by atoms with Gasteiger partial charge in [-0.1, -0.05) is 30.3 Å². The molecule has 8 heteroatoms. The molecular weight excluding hydrogens is 491 g/mol. The van der Waals surface area contributed by atoms with Crippen molar-refractivity contribution < 1.29 is 4.74 Å². The molecule has 2 aliphatic rings. The van der Waals surface area contributed by atoms with Gasteiger partial charge < -0.3 is 15.0 Å². The Bertz CT molecular complexity index is 811. The first-order valence-corrected chi connectivity index (χ1v) is 10.6. The zero-order valence-electron chi connectivity index (χ0n) is 17.9. The summed E-state index contributed by atoms with van der Waals surface area (Å²) in [5.41, 5.74) is 2.59. The minimum absolute atomic E-state index is 0. The van der Waals surface area contributed by atoms with Crippen molar-refractivity contribution in [3.8, 4) is 0 Å². The van der Waals surface area contributed by atoms with E-state index >= 15 is 0 Å². The largest absolute Gasteiger partial charge is 0.373 e. The molecule has 0 bridgehead atoms. The Morgan fingerprint density at radius 3 is 2.80 bits per heavy atom. The summed E-state index contributed by atoms with van der Waals surface area (Å²) in [5, 5.41) is 7.71. The Morgan fingerprint density at radius 1 is 1.23 bits per heavy atom. The number of fused-ring (bicyclic) bond motifs is 1. The monoisotopic (exact) mass is 524 g/mol. The fourth-order valence-corrected chi connectivity index (χ4v) is 4.26. The molecule has 0 radical (unpaired) electrons. The summed E-state index contributed by atoms with van der Waals surface area (Å²) >= 11 is 0. The summed E-state index contributed by atoms with van der Waals surface area (Å²) in [5.74, 6) is 0.994. The van der Waals surface area contributed by atoms with Gasteiger partial charge in [-0.15, -0.1) is 24.0 Å². The summed E-state index contributed by atoms with van der Waals surface area (Å²) in [7, 11) is 1.95. The Hall–Kier alpha value is -1.65. The van der Waals surface area contributed by atoms with Gasteiger partial charge in [-0.2, -0.15) is 5.10 Å². The summed E-state index contributed by atoms with van der Waals surface area (Å²) < 4.78 is 7.97. The molecule has 164 valence electrons. The van der Waals surface area contributed by atoms with Crippen molar-refractivity contribution in [2.24, 2.45) is 12.0 Å². The molecule has 2 saturated heterocycles. The van der Waals surface area contributed by atoms with Crippen LogP contribution in [0, 0.1) is 0 Å². The van der Waals surface area contributed by atoms with E-state index in [1.165, 1.54) is 11.1 Å². The summed E-state index contributed by atoms with van der Waals surface area (Å²) in [6.45, 7) is 8.37. The van der Waals surface area contributed by atoms with Gasteiger partial charge in [0.2, 0.25) is 0 Å². The van der Waals surface area contributed by atoms with Gasteiger partial charge in [0.1, 0.15) is 0 Å². The number of benzene rings is 1. The second-order valence-electron chi connectivity index (χ2n) is 7.85. The lowest BCUT2D eigenvalue weighted by Gasteiger charge is -2.36. The van der Waals surface area contributed by atoms with Crippen molar-refractivity contribution in [3.05, 3.63) is 53.9 Å². The number of nitrogens with zero attached hydrogens (tertiary/aromatic N) is 5. The number of rotatable bonds is 6. The molecule has 0 aliphatic carbocycles. The van der Waals surface area contributed by atoms with Crippen LogP contribution in [0.1, 0.15) is 18.1 Å². The van der Waals surface area contributed by atoms with Crippen LogP contribution in [0.15, 0.2) is 47.7 Å².